The molecular weight excluding hydrogens is 472 g/mol. The molecule has 0 atom stereocenters. The fourth-order valence-corrected chi connectivity index (χ4v) is 6.46. The number of halogens is 1. The summed E-state index contributed by atoms with van der Waals surface area (Å²) in [6.45, 7) is 2.43. The van der Waals surface area contributed by atoms with Crippen molar-refractivity contribution in [3.8, 4) is 0 Å². The van der Waals surface area contributed by atoms with Crippen molar-refractivity contribution < 1.29 is 8.42 Å². The number of para-hydroxylation sites is 1. The molecule has 1 N–H and O–H groups in total. The lowest BCUT2D eigenvalue weighted by atomic mass is 10.2. The molecule has 0 saturated heterocycles. The van der Waals surface area contributed by atoms with Gasteiger partial charge in [-0.15, -0.1) is 11.8 Å². The molecule has 160 valence electrons. The first-order valence-electron chi connectivity index (χ1n) is 9.50. The largest absolute Gasteiger partial charge is 0.308 e. The van der Waals surface area contributed by atoms with Gasteiger partial charge < -0.3 is 0 Å². The van der Waals surface area contributed by atoms with E-state index in [9.17, 15) is 13.2 Å². The number of hydrogen-bond donors (Lipinski definition) is 1. The molecule has 0 bridgehead atoms. The molecule has 0 fully saturated rings. The van der Waals surface area contributed by atoms with E-state index < -0.39 is 10.0 Å². The molecule has 4 aromatic rings. The molecule has 0 unspecified atom stereocenters. The third-order valence-corrected chi connectivity index (χ3v) is 8.41. The summed E-state index contributed by atoms with van der Waals surface area (Å²) < 4.78 is 31.1. The molecule has 3 aromatic carbocycles. The molecule has 5 nitrogen and oxygen atoms in total. The van der Waals surface area contributed by atoms with E-state index in [4.69, 9.17) is 11.6 Å². The number of thioether (sulfide) groups is 1. The Morgan fingerprint density at radius 3 is 2.55 bits per heavy atom. The Labute approximate surface area is 193 Å². The van der Waals surface area contributed by atoms with Crippen molar-refractivity contribution in [1.82, 2.24) is 4.57 Å². The first kappa shape index (κ1) is 22.0. The molecule has 0 aliphatic carbocycles. The summed E-state index contributed by atoms with van der Waals surface area (Å²) in [7, 11) is -3.81. The van der Waals surface area contributed by atoms with Crippen LogP contribution in [0.4, 0.5) is 5.69 Å². The van der Waals surface area contributed by atoms with Gasteiger partial charge in [-0.1, -0.05) is 47.2 Å². The van der Waals surface area contributed by atoms with Gasteiger partial charge in [0.2, 0.25) is 0 Å². The molecule has 0 aliphatic heterocycles. The number of nitrogens with one attached hydrogen (secondary N) is 1. The van der Waals surface area contributed by atoms with Gasteiger partial charge in [-0.3, -0.25) is 14.1 Å². The number of nitrogens with zero attached hydrogens (tertiary/aromatic N) is 1. The van der Waals surface area contributed by atoms with Gasteiger partial charge >= 0.3 is 4.87 Å². The highest BCUT2D eigenvalue weighted by Gasteiger charge is 2.18. The van der Waals surface area contributed by atoms with Crippen LogP contribution in [0.15, 0.2) is 81.3 Å². The molecule has 1 aromatic heterocycles. The minimum atomic E-state index is -3.81. The van der Waals surface area contributed by atoms with E-state index in [2.05, 4.69) is 4.72 Å². The van der Waals surface area contributed by atoms with Gasteiger partial charge in [0.1, 0.15) is 0 Å². The van der Waals surface area contributed by atoms with Crippen LogP contribution in [0.5, 0.6) is 0 Å². The van der Waals surface area contributed by atoms with Gasteiger partial charge in [0.05, 0.1) is 20.8 Å². The monoisotopic (exact) mass is 490 g/mol. The molecule has 1 heterocycles. The van der Waals surface area contributed by atoms with Crippen molar-refractivity contribution in [2.24, 2.45) is 0 Å². The van der Waals surface area contributed by atoms with E-state index in [1.165, 1.54) is 6.07 Å². The maximum Gasteiger partial charge on any atom is 0.308 e. The predicted octanol–water partition coefficient (Wildman–Crippen LogP) is 5.83. The molecular formula is C22H19ClN2O3S3. The number of aryl methyl sites for hydroxylation is 1. The Hall–Kier alpha value is -2.26. The van der Waals surface area contributed by atoms with Crippen LogP contribution in [-0.2, 0) is 22.3 Å². The Kier molecular flexibility index (Phi) is 6.43. The van der Waals surface area contributed by atoms with Crippen LogP contribution in [0.1, 0.15) is 12.5 Å². The predicted molar refractivity (Wildman–Crippen MR) is 130 cm³/mol. The summed E-state index contributed by atoms with van der Waals surface area (Å²) in [4.78, 5) is 12.9. The third-order valence-electron chi connectivity index (χ3n) is 4.71. The van der Waals surface area contributed by atoms with Gasteiger partial charge in [-0.2, -0.15) is 0 Å². The average molecular weight is 491 g/mol. The van der Waals surface area contributed by atoms with E-state index in [1.54, 1.807) is 40.6 Å². The maximum absolute atomic E-state index is 13.1. The number of aromatic nitrogens is 1. The Bertz CT molecular complexity index is 1390. The van der Waals surface area contributed by atoms with E-state index in [0.717, 1.165) is 27.3 Å². The van der Waals surface area contributed by atoms with Crippen molar-refractivity contribution >= 4 is 60.6 Å². The molecule has 0 radical (unpaired) electrons. The standard InChI is InChI=1S/C22H19ClN2O3S3/c1-2-25-19-12-11-17(13-21(19)30-22(25)26)31(27,28)24-18-5-3-4-6-20(18)29-14-15-7-9-16(23)10-8-15/h3-13,24H,2,14H2,1H3. The Morgan fingerprint density at radius 2 is 1.81 bits per heavy atom. The second-order valence-electron chi connectivity index (χ2n) is 6.76. The summed E-state index contributed by atoms with van der Waals surface area (Å²) in [6, 6.07) is 19.6. The zero-order valence-corrected chi connectivity index (χ0v) is 19.7. The van der Waals surface area contributed by atoms with Gasteiger partial charge in [-0.05, 0) is 55.0 Å². The molecule has 0 amide bonds. The van der Waals surface area contributed by atoms with Gasteiger partial charge in [0.15, 0.2) is 0 Å². The molecule has 0 aliphatic rings. The molecule has 4 rings (SSSR count). The SMILES string of the molecule is CCn1c(=O)sc2cc(S(=O)(=O)Nc3ccccc3SCc3ccc(Cl)cc3)ccc21. The zero-order valence-electron chi connectivity index (χ0n) is 16.5. The van der Waals surface area contributed by atoms with Crippen molar-refractivity contribution in [3.05, 3.63) is 87.0 Å². The number of rotatable bonds is 7. The van der Waals surface area contributed by atoms with Crippen LogP contribution < -0.4 is 9.60 Å². The lowest BCUT2D eigenvalue weighted by Gasteiger charge is -2.13. The summed E-state index contributed by atoms with van der Waals surface area (Å²) in [5, 5.41) is 0.679. The normalized spacial score (nSPS) is 11.7. The van der Waals surface area contributed by atoms with Crippen LogP contribution in [0.25, 0.3) is 10.2 Å². The quantitative estimate of drug-likeness (QED) is 0.331. The zero-order chi connectivity index (χ0) is 22.0. The fraction of sp³-hybridized carbons (Fsp3) is 0.136. The second kappa shape index (κ2) is 9.08. The fourth-order valence-electron chi connectivity index (χ4n) is 3.14. The number of benzene rings is 3. The molecule has 0 spiro atoms. The summed E-state index contributed by atoms with van der Waals surface area (Å²) in [5.74, 6) is 0.681. The van der Waals surface area contributed by atoms with Crippen LogP contribution in [0, 0.1) is 0 Å². The summed E-state index contributed by atoms with van der Waals surface area (Å²) in [5.41, 5.74) is 2.35. The first-order chi connectivity index (χ1) is 14.9. The number of thiazole rings is 1. The highest BCUT2D eigenvalue weighted by atomic mass is 35.5. The topological polar surface area (TPSA) is 68.2 Å². The average Bonchev–Trinajstić information content (AvgIpc) is 3.08. The van der Waals surface area contributed by atoms with Gasteiger partial charge in [0.25, 0.3) is 10.0 Å². The van der Waals surface area contributed by atoms with Crippen molar-refractivity contribution in [1.29, 1.82) is 0 Å². The number of fused-ring (bicyclic) bond motifs is 1. The third kappa shape index (κ3) is 4.82. The number of sulfonamides is 1. The van der Waals surface area contributed by atoms with Crippen LogP contribution in [-0.4, -0.2) is 13.0 Å². The lowest BCUT2D eigenvalue weighted by molar-refractivity contribution is 0.601. The number of hydrogen-bond acceptors (Lipinski definition) is 5. The van der Waals surface area contributed by atoms with Crippen molar-refractivity contribution in [2.75, 3.05) is 4.72 Å². The highest BCUT2D eigenvalue weighted by Crippen LogP contribution is 2.32. The number of anilines is 1. The minimum Gasteiger partial charge on any atom is -0.299 e. The molecule has 9 heteroatoms. The second-order valence-corrected chi connectivity index (χ2v) is 10.9. The van der Waals surface area contributed by atoms with Crippen LogP contribution in [0.3, 0.4) is 0 Å². The van der Waals surface area contributed by atoms with Crippen LogP contribution in [0.2, 0.25) is 5.02 Å². The molecule has 0 saturated carbocycles. The van der Waals surface area contributed by atoms with E-state index in [0.29, 0.717) is 27.7 Å². The molecule has 31 heavy (non-hydrogen) atoms. The van der Waals surface area contributed by atoms with Crippen LogP contribution >= 0.6 is 34.7 Å². The lowest BCUT2D eigenvalue weighted by Crippen LogP contribution is -2.13. The van der Waals surface area contributed by atoms with E-state index in [-0.39, 0.29) is 9.77 Å². The van der Waals surface area contributed by atoms with E-state index >= 15 is 0 Å². The van der Waals surface area contributed by atoms with Gasteiger partial charge in [-0.25, -0.2) is 8.42 Å². The Balaban J connectivity index is 1.59. The van der Waals surface area contributed by atoms with Crippen molar-refractivity contribution in [2.45, 2.75) is 29.0 Å². The smallest absolute Gasteiger partial charge is 0.299 e. The first-order valence-corrected chi connectivity index (χ1v) is 13.2. The van der Waals surface area contributed by atoms with Crippen molar-refractivity contribution in [3.63, 3.8) is 0 Å². The summed E-state index contributed by atoms with van der Waals surface area (Å²) >= 11 is 8.53. The minimum absolute atomic E-state index is 0.0936. The summed E-state index contributed by atoms with van der Waals surface area (Å²) in [6.07, 6.45) is 0. The van der Waals surface area contributed by atoms with E-state index in [1.807, 2.05) is 43.3 Å². The highest BCUT2D eigenvalue weighted by molar-refractivity contribution is 7.98. The van der Waals surface area contributed by atoms with Gasteiger partial charge in [0, 0.05) is 22.2 Å². The Morgan fingerprint density at radius 1 is 1.06 bits per heavy atom. The maximum atomic E-state index is 13.1.